The summed E-state index contributed by atoms with van der Waals surface area (Å²) in [6.07, 6.45) is 1.72. The van der Waals surface area contributed by atoms with Gasteiger partial charge in [0, 0.05) is 37.5 Å². The zero-order valence-electron chi connectivity index (χ0n) is 17.8. The van der Waals surface area contributed by atoms with Crippen LogP contribution in [-0.2, 0) is 0 Å². The van der Waals surface area contributed by atoms with E-state index in [1.54, 1.807) is 39.5 Å². The molecule has 2 aromatic carbocycles. The molecule has 0 atom stereocenters. The summed E-state index contributed by atoms with van der Waals surface area (Å²) in [5, 5.41) is 9.38. The predicted octanol–water partition coefficient (Wildman–Crippen LogP) is 5.05. The van der Waals surface area contributed by atoms with E-state index in [1.807, 2.05) is 43.3 Å². The van der Waals surface area contributed by atoms with Crippen LogP contribution in [0.4, 0.5) is 0 Å². The zero-order valence-corrected chi connectivity index (χ0v) is 17.8. The van der Waals surface area contributed by atoms with Crippen molar-refractivity contribution in [3.05, 3.63) is 71.4 Å². The lowest BCUT2D eigenvalue weighted by molar-refractivity contribution is 0.0827. The highest BCUT2D eigenvalue weighted by molar-refractivity contribution is 5.96. The Hall–Kier alpha value is -4.11. The van der Waals surface area contributed by atoms with E-state index in [-0.39, 0.29) is 5.91 Å². The number of furan rings is 1. The summed E-state index contributed by atoms with van der Waals surface area (Å²) in [4.78, 5) is 18.2. The molecular formula is C25H21N3O3. The number of carbonyl (C=O) groups is 1. The van der Waals surface area contributed by atoms with Crippen molar-refractivity contribution in [2.45, 2.75) is 6.92 Å². The van der Waals surface area contributed by atoms with E-state index in [9.17, 15) is 10.1 Å². The lowest BCUT2D eigenvalue weighted by Gasteiger charge is -2.12. The first-order chi connectivity index (χ1) is 14.9. The van der Waals surface area contributed by atoms with Crippen molar-refractivity contribution in [3.63, 3.8) is 0 Å². The minimum Gasteiger partial charge on any atom is -0.496 e. The van der Waals surface area contributed by atoms with Crippen molar-refractivity contribution < 1.29 is 13.9 Å². The first-order valence-electron chi connectivity index (χ1n) is 9.72. The molecule has 0 saturated carbocycles. The monoisotopic (exact) mass is 411 g/mol. The summed E-state index contributed by atoms with van der Waals surface area (Å²) in [6.45, 7) is 1.91. The Bertz CT molecular complexity index is 1350. The molecule has 4 aromatic rings. The van der Waals surface area contributed by atoms with Gasteiger partial charge in [0.2, 0.25) is 0 Å². The molecule has 0 bridgehead atoms. The summed E-state index contributed by atoms with van der Waals surface area (Å²) in [7, 11) is 4.97. The molecule has 0 radical (unpaired) electrons. The van der Waals surface area contributed by atoms with E-state index >= 15 is 0 Å². The smallest absolute Gasteiger partial charge is 0.253 e. The molecule has 2 aromatic heterocycles. The average Bonchev–Trinajstić information content (AvgIpc) is 3.22. The third kappa shape index (κ3) is 3.62. The van der Waals surface area contributed by atoms with Crippen molar-refractivity contribution in [3.8, 4) is 34.3 Å². The molecule has 0 N–H and O–H groups in total. The van der Waals surface area contributed by atoms with Gasteiger partial charge in [0.1, 0.15) is 17.0 Å². The highest BCUT2D eigenvalue weighted by atomic mass is 16.5. The maximum atomic E-state index is 12.3. The second kappa shape index (κ2) is 7.96. The van der Waals surface area contributed by atoms with Crippen LogP contribution in [0.3, 0.4) is 0 Å². The van der Waals surface area contributed by atoms with Crippen LogP contribution in [0.1, 0.15) is 21.5 Å². The molecular weight excluding hydrogens is 390 g/mol. The number of methoxy groups -OCH3 is 1. The third-order valence-electron chi connectivity index (χ3n) is 5.20. The largest absolute Gasteiger partial charge is 0.496 e. The molecule has 0 aliphatic carbocycles. The van der Waals surface area contributed by atoms with Gasteiger partial charge in [-0.1, -0.05) is 12.1 Å². The van der Waals surface area contributed by atoms with Gasteiger partial charge in [0.25, 0.3) is 5.91 Å². The molecule has 6 nitrogen and oxygen atoms in total. The number of benzene rings is 2. The van der Waals surface area contributed by atoms with Crippen molar-refractivity contribution in [2.75, 3.05) is 21.2 Å². The molecule has 6 heteroatoms. The number of carbonyl (C=O) groups excluding carboxylic acids is 1. The number of hydrogen-bond donors (Lipinski definition) is 0. The normalized spacial score (nSPS) is 10.7. The summed E-state index contributed by atoms with van der Waals surface area (Å²) in [5.74, 6) is 1.02. The number of nitrogens with zero attached hydrogens (tertiary/aromatic N) is 3. The molecule has 0 aliphatic heterocycles. The molecule has 0 spiro atoms. The van der Waals surface area contributed by atoms with Crippen molar-refractivity contribution >= 4 is 17.0 Å². The van der Waals surface area contributed by atoms with Crippen LogP contribution in [0, 0.1) is 18.3 Å². The number of pyridine rings is 1. The quantitative estimate of drug-likeness (QED) is 0.469. The number of ether oxygens (including phenoxy) is 1. The van der Waals surface area contributed by atoms with Gasteiger partial charge in [-0.15, -0.1) is 0 Å². The molecule has 0 unspecified atom stereocenters. The van der Waals surface area contributed by atoms with E-state index < -0.39 is 0 Å². The number of rotatable bonds is 4. The van der Waals surface area contributed by atoms with Crippen LogP contribution in [-0.4, -0.2) is 37.0 Å². The van der Waals surface area contributed by atoms with Gasteiger partial charge >= 0.3 is 0 Å². The van der Waals surface area contributed by atoms with Crippen molar-refractivity contribution in [1.29, 1.82) is 5.26 Å². The fraction of sp³-hybridized carbons (Fsp3) is 0.160. The van der Waals surface area contributed by atoms with Gasteiger partial charge in [-0.25, -0.2) is 0 Å². The topological polar surface area (TPSA) is 79.4 Å². The maximum absolute atomic E-state index is 12.3. The Labute approximate surface area is 180 Å². The van der Waals surface area contributed by atoms with Crippen LogP contribution >= 0.6 is 0 Å². The Balaban J connectivity index is 1.84. The van der Waals surface area contributed by atoms with E-state index in [0.29, 0.717) is 33.7 Å². The van der Waals surface area contributed by atoms with Gasteiger partial charge in [0.05, 0.1) is 24.3 Å². The molecule has 154 valence electrons. The van der Waals surface area contributed by atoms with Crippen LogP contribution in [0.2, 0.25) is 0 Å². The fourth-order valence-corrected chi connectivity index (χ4v) is 3.49. The number of amides is 1. The summed E-state index contributed by atoms with van der Waals surface area (Å²) < 4.78 is 11.8. The maximum Gasteiger partial charge on any atom is 0.253 e. The van der Waals surface area contributed by atoms with Gasteiger partial charge < -0.3 is 14.1 Å². The molecule has 0 fully saturated rings. The van der Waals surface area contributed by atoms with Gasteiger partial charge in [-0.3, -0.25) is 9.78 Å². The lowest BCUT2D eigenvalue weighted by Crippen LogP contribution is -2.21. The van der Waals surface area contributed by atoms with Crippen LogP contribution in [0.15, 0.2) is 59.1 Å². The standard InChI is InChI=1S/C25H21N3O3/c1-15-5-6-16(11-18(15)14-26)19-9-10-27-21-13-23(31-24(19)21)20-8-7-17(12-22(20)30-4)25(29)28(2)3/h5-13H,1-4H3. The number of nitriles is 1. The SMILES string of the molecule is COc1cc(C(=O)N(C)C)ccc1-c1cc2nccc(-c3ccc(C)c(C#N)c3)c2o1. The Morgan fingerprint density at radius 3 is 2.61 bits per heavy atom. The van der Waals surface area contributed by atoms with Gasteiger partial charge in [0.15, 0.2) is 5.58 Å². The predicted molar refractivity (Wildman–Crippen MR) is 119 cm³/mol. The fourth-order valence-electron chi connectivity index (χ4n) is 3.49. The van der Waals surface area contributed by atoms with Gasteiger partial charge in [-0.05, 0) is 48.4 Å². The Morgan fingerprint density at radius 1 is 1.10 bits per heavy atom. The third-order valence-corrected chi connectivity index (χ3v) is 5.20. The second-order valence-corrected chi connectivity index (χ2v) is 7.44. The van der Waals surface area contributed by atoms with Crippen LogP contribution in [0.25, 0.3) is 33.6 Å². The van der Waals surface area contributed by atoms with Crippen molar-refractivity contribution in [1.82, 2.24) is 9.88 Å². The average molecular weight is 411 g/mol. The number of aromatic nitrogens is 1. The number of hydrogen-bond acceptors (Lipinski definition) is 5. The minimum atomic E-state index is -0.105. The second-order valence-electron chi connectivity index (χ2n) is 7.44. The highest BCUT2D eigenvalue weighted by Gasteiger charge is 2.18. The van der Waals surface area contributed by atoms with E-state index in [1.165, 1.54) is 4.90 Å². The van der Waals surface area contributed by atoms with Crippen LogP contribution < -0.4 is 4.74 Å². The molecule has 0 aliphatic rings. The molecule has 2 heterocycles. The van der Waals surface area contributed by atoms with Crippen molar-refractivity contribution in [2.24, 2.45) is 0 Å². The first-order valence-corrected chi connectivity index (χ1v) is 9.72. The molecule has 31 heavy (non-hydrogen) atoms. The van der Waals surface area contributed by atoms with Crippen LogP contribution in [0.5, 0.6) is 5.75 Å². The summed E-state index contributed by atoms with van der Waals surface area (Å²) in [6, 6.07) is 17.0. The highest BCUT2D eigenvalue weighted by Crippen LogP contribution is 2.38. The van der Waals surface area contributed by atoms with E-state index in [2.05, 4.69) is 11.1 Å². The Morgan fingerprint density at radius 2 is 1.90 bits per heavy atom. The lowest BCUT2D eigenvalue weighted by atomic mass is 10.0. The number of aryl methyl sites for hydroxylation is 1. The summed E-state index contributed by atoms with van der Waals surface area (Å²) >= 11 is 0. The van der Waals surface area contributed by atoms with E-state index in [0.717, 1.165) is 22.3 Å². The minimum absolute atomic E-state index is 0.105. The number of fused-ring (bicyclic) bond motifs is 1. The molecule has 1 amide bonds. The van der Waals surface area contributed by atoms with E-state index in [4.69, 9.17) is 9.15 Å². The molecule has 4 rings (SSSR count). The first kappa shape index (κ1) is 20.2. The summed E-state index contributed by atoms with van der Waals surface area (Å²) in [5.41, 5.74) is 5.86. The molecule has 0 saturated heterocycles. The van der Waals surface area contributed by atoms with Gasteiger partial charge in [-0.2, -0.15) is 5.26 Å². The Kier molecular flexibility index (Phi) is 5.18. The zero-order chi connectivity index (χ0) is 22.1.